The number of nitrogens with one attached hydrogen (secondary N) is 2. The van der Waals surface area contributed by atoms with Gasteiger partial charge < -0.3 is 24.8 Å². The second kappa shape index (κ2) is 10.9. The van der Waals surface area contributed by atoms with Crippen molar-refractivity contribution in [3.05, 3.63) is 77.9 Å². The molecule has 0 unspecified atom stereocenters. The fraction of sp³-hybridized carbons (Fsp3) is 0.240. The Morgan fingerprint density at radius 2 is 1.58 bits per heavy atom. The predicted octanol–water partition coefficient (Wildman–Crippen LogP) is 5.03. The van der Waals surface area contributed by atoms with Crippen LogP contribution in [-0.2, 0) is 11.3 Å². The van der Waals surface area contributed by atoms with Crippen LogP contribution >= 0.6 is 0 Å². The van der Waals surface area contributed by atoms with E-state index in [1.165, 1.54) is 0 Å². The molecule has 3 aromatic carbocycles. The highest BCUT2D eigenvalue weighted by molar-refractivity contribution is 5.91. The van der Waals surface area contributed by atoms with Crippen LogP contribution in [0.4, 0.5) is 11.4 Å². The van der Waals surface area contributed by atoms with Gasteiger partial charge in [0.25, 0.3) is 5.91 Å². The van der Waals surface area contributed by atoms with Crippen molar-refractivity contribution in [3.63, 3.8) is 0 Å². The largest absolute Gasteiger partial charge is 0.497 e. The summed E-state index contributed by atoms with van der Waals surface area (Å²) in [6, 6.07) is 21.1. The van der Waals surface area contributed by atoms with Gasteiger partial charge in [0.05, 0.1) is 13.7 Å². The quantitative estimate of drug-likeness (QED) is 0.481. The maximum absolute atomic E-state index is 12.2. The zero-order valence-electron chi connectivity index (χ0n) is 18.1. The molecule has 0 aromatic heterocycles. The lowest BCUT2D eigenvalue weighted by Gasteiger charge is -2.14. The van der Waals surface area contributed by atoms with Crippen LogP contribution in [0.5, 0.6) is 17.2 Å². The summed E-state index contributed by atoms with van der Waals surface area (Å²) < 4.78 is 16.6. The number of carbonyl (C=O) groups is 1. The van der Waals surface area contributed by atoms with Crippen LogP contribution in [0.15, 0.2) is 66.7 Å². The number of benzene rings is 3. The third-order valence-electron chi connectivity index (χ3n) is 4.59. The highest BCUT2D eigenvalue weighted by Crippen LogP contribution is 2.29. The fourth-order valence-corrected chi connectivity index (χ4v) is 2.94. The van der Waals surface area contributed by atoms with Gasteiger partial charge >= 0.3 is 0 Å². The number of carbonyl (C=O) groups excluding carboxylic acids is 1. The highest BCUT2D eigenvalue weighted by Gasteiger charge is 2.10. The molecular formula is C25H28N2O4. The molecule has 0 saturated heterocycles. The van der Waals surface area contributed by atoms with Gasteiger partial charge in [0.1, 0.15) is 5.75 Å². The SMILES string of the molecule is CCOc1cc(CNc2ccc(OC)cc2)ccc1OCC(=O)Nc1ccc(C)cc1. The van der Waals surface area contributed by atoms with E-state index in [9.17, 15) is 4.79 Å². The summed E-state index contributed by atoms with van der Waals surface area (Å²) in [5.41, 5.74) is 3.91. The molecule has 0 aliphatic carbocycles. The van der Waals surface area contributed by atoms with Crippen molar-refractivity contribution in [2.75, 3.05) is 31.0 Å². The third kappa shape index (κ3) is 6.67. The summed E-state index contributed by atoms with van der Waals surface area (Å²) in [6.07, 6.45) is 0. The number of aryl methyl sites for hydroxylation is 1. The van der Waals surface area contributed by atoms with E-state index in [-0.39, 0.29) is 12.5 Å². The Bertz CT molecular complexity index is 985. The molecule has 0 aliphatic heterocycles. The van der Waals surface area contributed by atoms with Gasteiger partial charge in [0.2, 0.25) is 0 Å². The van der Waals surface area contributed by atoms with Crippen LogP contribution in [0.3, 0.4) is 0 Å². The van der Waals surface area contributed by atoms with Crippen molar-refractivity contribution in [2.24, 2.45) is 0 Å². The van der Waals surface area contributed by atoms with E-state index in [0.717, 1.165) is 28.3 Å². The Hall–Kier alpha value is -3.67. The lowest BCUT2D eigenvalue weighted by molar-refractivity contribution is -0.118. The lowest BCUT2D eigenvalue weighted by atomic mass is 10.2. The van der Waals surface area contributed by atoms with Gasteiger partial charge in [-0.1, -0.05) is 23.8 Å². The van der Waals surface area contributed by atoms with E-state index in [0.29, 0.717) is 24.7 Å². The minimum absolute atomic E-state index is 0.0998. The standard InChI is InChI=1S/C25H28N2O4/c1-4-30-24-15-19(16-26-20-10-12-22(29-3)13-11-20)7-14-23(24)31-17-25(28)27-21-8-5-18(2)6-9-21/h5-15,26H,4,16-17H2,1-3H3,(H,27,28). The molecule has 2 N–H and O–H groups in total. The van der Waals surface area contributed by atoms with Gasteiger partial charge in [0.15, 0.2) is 18.1 Å². The van der Waals surface area contributed by atoms with Crippen molar-refractivity contribution in [1.82, 2.24) is 0 Å². The van der Waals surface area contributed by atoms with Gasteiger partial charge in [-0.2, -0.15) is 0 Å². The number of hydrogen-bond donors (Lipinski definition) is 2. The predicted molar refractivity (Wildman–Crippen MR) is 123 cm³/mol. The number of amides is 1. The molecule has 0 aliphatic rings. The maximum atomic E-state index is 12.2. The van der Waals surface area contributed by atoms with Crippen LogP contribution in [0.1, 0.15) is 18.1 Å². The zero-order valence-corrected chi connectivity index (χ0v) is 18.1. The average Bonchev–Trinajstić information content (AvgIpc) is 2.79. The average molecular weight is 421 g/mol. The van der Waals surface area contributed by atoms with Crippen LogP contribution < -0.4 is 24.8 Å². The molecule has 0 spiro atoms. The van der Waals surface area contributed by atoms with Crippen LogP contribution in [0, 0.1) is 6.92 Å². The zero-order chi connectivity index (χ0) is 22.1. The maximum Gasteiger partial charge on any atom is 0.262 e. The van der Waals surface area contributed by atoms with E-state index < -0.39 is 0 Å². The monoisotopic (exact) mass is 420 g/mol. The molecule has 1 amide bonds. The Labute approximate surface area is 183 Å². The Balaban J connectivity index is 1.58. The normalized spacial score (nSPS) is 10.3. The molecule has 31 heavy (non-hydrogen) atoms. The van der Waals surface area contributed by atoms with E-state index in [1.807, 2.05) is 80.6 Å². The van der Waals surface area contributed by atoms with Crippen molar-refractivity contribution in [2.45, 2.75) is 20.4 Å². The molecular weight excluding hydrogens is 392 g/mol. The summed E-state index contributed by atoms with van der Waals surface area (Å²) in [5.74, 6) is 1.74. The van der Waals surface area contributed by atoms with Crippen LogP contribution in [-0.4, -0.2) is 26.2 Å². The molecule has 0 heterocycles. The first-order valence-electron chi connectivity index (χ1n) is 10.2. The molecule has 162 valence electrons. The van der Waals surface area contributed by atoms with Crippen LogP contribution in [0.2, 0.25) is 0 Å². The summed E-state index contributed by atoms with van der Waals surface area (Å²) in [5, 5.41) is 6.19. The molecule has 3 aromatic rings. The summed E-state index contributed by atoms with van der Waals surface area (Å²) in [7, 11) is 1.65. The first-order valence-corrected chi connectivity index (χ1v) is 10.2. The van der Waals surface area contributed by atoms with E-state index in [4.69, 9.17) is 14.2 Å². The van der Waals surface area contributed by atoms with E-state index >= 15 is 0 Å². The van der Waals surface area contributed by atoms with Crippen molar-refractivity contribution in [1.29, 1.82) is 0 Å². The Morgan fingerprint density at radius 3 is 2.26 bits per heavy atom. The summed E-state index contributed by atoms with van der Waals surface area (Å²) in [4.78, 5) is 12.2. The number of rotatable bonds is 10. The molecule has 0 bridgehead atoms. The molecule has 6 heteroatoms. The molecule has 0 radical (unpaired) electrons. The van der Waals surface area contributed by atoms with Crippen molar-refractivity contribution >= 4 is 17.3 Å². The minimum atomic E-state index is -0.225. The summed E-state index contributed by atoms with van der Waals surface area (Å²) >= 11 is 0. The van der Waals surface area contributed by atoms with Gasteiger partial charge in [-0.3, -0.25) is 4.79 Å². The Morgan fingerprint density at radius 1 is 0.871 bits per heavy atom. The number of hydrogen-bond acceptors (Lipinski definition) is 5. The number of anilines is 2. The smallest absolute Gasteiger partial charge is 0.262 e. The third-order valence-corrected chi connectivity index (χ3v) is 4.59. The Kier molecular flexibility index (Phi) is 7.76. The lowest BCUT2D eigenvalue weighted by Crippen LogP contribution is -2.20. The second-order valence-electron chi connectivity index (χ2n) is 7.00. The highest BCUT2D eigenvalue weighted by atomic mass is 16.5. The summed E-state index contributed by atoms with van der Waals surface area (Å²) in [6.45, 7) is 4.94. The fourth-order valence-electron chi connectivity index (χ4n) is 2.94. The molecule has 0 saturated carbocycles. The van der Waals surface area contributed by atoms with Crippen LogP contribution in [0.25, 0.3) is 0 Å². The van der Waals surface area contributed by atoms with Gasteiger partial charge in [-0.05, 0) is 67.9 Å². The molecule has 6 nitrogen and oxygen atoms in total. The molecule has 0 fully saturated rings. The topological polar surface area (TPSA) is 68.8 Å². The van der Waals surface area contributed by atoms with E-state index in [2.05, 4.69) is 10.6 Å². The van der Waals surface area contributed by atoms with Gasteiger partial charge in [0, 0.05) is 17.9 Å². The number of ether oxygens (including phenoxy) is 3. The number of methoxy groups -OCH3 is 1. The van der Waals surface area contributed by atoms with E-state index in [1.54, 1.807) is 7.11 Å². The molecule has 3 rings (SSSR count). The first kappa shape index (κ1) is 22.0. The molecule has 0 atom stereocenters. The first-order chi connectivity index (χ1) is 15.1. The minimum Gasteiger partial charge on any atom is -0.497 e. The van der Waals surface area contributed by atoms with Gasteiger partial charge in [-0.25, -0.2) is 0 Å². The van der Waals surface area contributed by atoms with Crippen molar-refractivity contribution < 1.29 is 19.0 Å². The van der Waals surface area contributed by atoms with Crippen molar-refractivity contribution in [3.8, 4) is 17.2 Å². The second-order valence-corrected chi connectivity index (χ2v) is 7.00. The van der Waals surface area contributed by atoms with Gasteiger partial charge in [-0.15, -0.1) is 0 Å².